The summed E-state index contributed by atoms with van der Waals surface area (Å²) in [6, 6.07) is 6.80. The third kappa shape index (κ3) is 3.59. The highest BCUT2D eigenvalue weighted by molar-refractivity contribution is 5.16. The van der Waals surface area contributed by atoms with E-state index in [0.717, 1.165) is 13.0 Å². The number of hydrogen-bond acceptors (Lipinski definition) is 1. The second-order valence-corrected chi connectivity index (χ2v) is 2.94. The van der Waals surface area contributed by atoms with Crippen LogP contribution < -0.4 is 5.32 Å². The van der Waals surface area contributed by atoms with Crippen molar-refractivity contribution in [2.75, 3.05) is 6.54 Å². The summed E-state index contributed by atoms with van der Waals surface area (Å²) in [5, 5.41) is 3.13. The van der Waals surface area contributed by atoms with Crippen LogP contribution in [0.4, 0.5) is 4.39 Å². The maximum Gasteiger partial charge on any atom is 0.127 e. The first-order chi connectivity index (χ1) is 6.84. The molecule has 0 heterocycles. The minimum absolute atomic E-state index is 0.151. The summed E-state index contributed by atoms with van der Waals surface area (Å²) in [6.45, 7) is 3.18. The van der Waals surface area contributed by atoms with E-state index in [1.54, 1.807) is 12.1 Å². The summed E-state index contributed by atoms with van der Waals surface area (Å²) >= 11 is 0. The molecule has 0 atom stereocenters. The Hall–Kier alpha value is -1.33. The van der Waals surface area contributed by atoms with E-state index < -0.39 is 0 Å². The molecule has 14 heavy (non-hydrogen) atoms. The van der Waals surface area contributed by atoms with Gasteiger partial charge in [0.1, 0.15) is 5.82 Å². The molecule has 1 aromatic rings. The van der Waals surface area contributed by atoms with Crippen molar-refractivity contribution < 1.29 is 4.39 Å². The number of rotatable bonds is 4. The second kappa shape index (κ2) is 6.17. The minimum Gasteiger partial charge on any atom is -0.312 e. The number of benzene rings is 1. The summed E-state index contributed by atoms with van der Waals surface area (Å²) in [7, 11) is 0. The predicted octanol–water partition coefficient (Wildman–Crippen LogP) is 2.33. The van der Waals surface area contributed by atoms with Crippen LogP contribution in [0.2, 0.25) is 0 Å². The van der Waals surface area contributed by atoms with Crippen molar-refractivity contribution in [3.63, 3.8) is 0 Å². The Kier molecular flexibility index (Phi) is 4.74. The molecule has 1 N–H and O–H groups in total. The Morgan fingerprint density at radius 3 is 2.86 bits per heavy atom. The van der Waals surface area contributed by atoms with Gasteiger partial charge >= 0.3 is 0 Å². The summed E-state index contributed by atoms with van der Waals surface area (Å²) in [5.74, 6) is 5.61. The topological polar surface area (TPSA) is 12.0 Å². The molecule has 0 saturated heterocycles. The van der Waals surface area contributed by atoms with Gasteiger partial charge in [-0.3, -0.25) is 0 Å². The van der Waals surface area contributed by atoms with Gasteiger partial charge in [0.2, 0.25) is 0 Å². The lowest BCUT2D eigenvalue weighted by atomic mass is 10.2. The Morgan fingerprint density at radius 1 is 1.36 bits per heavy atom. The van der Waals surface area contributed by atoms with Gasteiger partial charge in [-0.2, -0.15) is 0 Å². The fourth-order valence-corrected chi connectivity index (χ4v) is 1.14. The molecule has 1 rings (SSSR count). The second-order valence-electron chi connectivity index (χ2n) is 2.94. The van der Waals surface area contributed by atoms with Crippen LogP contribution in [-0.2, 0) is 6.54 Å². The van der Waals surface area contributed by atoms with Crippen LogP contribution in [0.5, 0.6) is 0 Å². The lowest BCUT2D eigenvalue weighted by Gasteiger charge is -2.03. The van der Waals surface area contributed by atoms with Crippen molar-refractivity contribution in [2.45, 2.75) is 19.9 Å². The molecule has 0 bridgehead atoms. The minimum atomic E-state index is -0.151. The van der Waals surface area contributed by atoms with E-state index in [0.29, 0.717) is 12.1 Å². The van der Waals surface area contributed by atoms with E-state index in [-0.39, 0.29) is 5.82 Å². The van der Waals surface area contributed by atoms with Gasteiger partial charge in [-0.05, 0) is 13.0 Å². The third-order valence-corrected chi connectivity index (χ3v) is 1.88. The van der Waals surface area contributed by atoms with E-state index >= 15 is 0 Å². The highest BCUT2D eigenvalue weighted by Gasteiger charge is 1.97. The molecular weight excluding hydrogens is 177 g/mol. The summed E-state index contributed by atoms with van der Waals surface area (Å²) in [5.41, 5.74) is 0.706. The molecule has 0 amide bonds. The summed E-state index contributed by atoms with van der Waals surface area (Å²) in [6.07, 6.45) is 0.810. The fraction of sp³-hybridized carbons (Fsp3) is 0.333. The van der Waals surface area contributed by atoms with Crippen LogP contribution in [0.15, 0.2) is 24.3 Å². The molecule has 0 fully saturated rings. The van der Waals surface area contributed by atoms with Gasteiger partial charge in [-0.15, -0.1) is 11.8 Å². The normalized spacial score (nSPS) is 9.29. The summed E-state index contributed by atoms with van der Waals surface area (Å²) in [4.78, 5) is 0. The molecule has 0 aromatic heterocycles. The molecule has 1 aromatic carbocycles. The van der Waals surface area contributed by atoms with Crippen molar-refractivity contribution >= 4 is 0 Å². The molecule has 0 unspecified atom stereocenters. The van der Waals surface area contributed by atoms with Crippen LogP contribution in [0, 0.1) is 17.7 Å². The third-order valence-electron chi connectivity index (χ3n) is 1.88. The predicted molar refractivity (Wildman–Crippen MR) is 56.2 cm³/mol. The summed E-state index contributed by atoms with van der Waals surface area (Å²) < 4.78 is 13.1. The molecule has 0 saturated carbocycles. The highest BCUT2D eigenvalue weighted by atomic mass is 19.1. The van der Waals surface area contributed by atoms with Gasteiger partial charge in [0, 0.05) is 25.1 Å². The maximum atomic E-state index is 13.1. The molecule has 74 valence electrons. The molecule has 0 aliphatic heterocycles. The maximum absolute atomic E-state index is 13.1. The zero-order valence-electron chi connectivity index (χ0n) is 8.31. The van der Waals surface area contributed by atoms with Crippen LogP contribution in [0.1, 0.15) is 18.9 Å². The van der Waals surface area contributed by atoms with Gasteiger partial charge in [-0.1, -0.05) is 18.2 Å². The first kappa shape index (κ1) is 10.7. The van der Waals surface area contributed by atoms with Crippen molar-refractivity contribution in [3.05, 3.63) is 35.6 Å². The van der Waals surface area contributed by atoms with Crippen LogP contribution in [0.3, 0.4) is 0 Å². The average molecular weight is 191 g/mol. The van der Waals surface area contributed by atoms with Gasteiger partial charge in [0.15, 0.2) is 0 Å². The van der Waals surface area contributed by atoms with E-state index in [4.69, 9.17) is 0 Å². The molecular formula is C12H14FN. The van der Waals surface area contributed by atoms with E-state index in [9.17, 15) is 4.39 Å². The lowest BCUT2D eigenvalue weighted by Crippen LogP contribution is -2.15. The van der Waals surface area contributed by atoms with Gasteiger partial charge in [0.05, 0.1) is 0 Å². The highest BCUT2D eigenvalue weighted by Crippen LogP contribution is 2.04. The standard InChI is InChI=1S/C12H14FN/c1-2-3-6-9-14-10-11-7-4-5-8-12(11)13/h4-5,7-8,14H,6,9-10H2,1H3. The van der Waals surface area contributed by atoms with Crippen LogP contribution >= 0.6 is 0 Å². The van der Waals surface area contributed by atoms with E-state index in [1.807, 2.05) is 13.0 Å². The average Bonchev–Trinajstić information content (AvgIpc) is 2.20. The van der Waals surface area contributed by atoms with Crippen LogP contribution in [-0.4, -0.2) is 6.54 Å². The van der Waals surface area contributed by atoms with Gasteiger partial charge in [-0.25, -0.2) is 4.39 Å². The molecule has 0 aliphatic carbocycles. The Morgan fingerprint density at radius 2 is 2.14 bits per heavy atom. The van der Waals surface area contributed by atoms with Crippen molar-refractivity contribution in [1.82, 2.24) is 5.32 Å². The smallest absolute Gasteiger partial charge is 0.127 e. The van der Waals surface area contributed by atoms with Gasteiger partial charge in [0.25, 0.3) is 0 Å². The Labute approximate surface area is 84.3 Å². The number of nitrogens with one attached hydrogen (secondary N) is 1. The molecule has 2 heteroatoms. The fourth-order valence-electron chi connectivity index (χ4n) is 1.14. The van der Waals surface area contributed by atoms with Crippen molar-refractivity contribution in [2.24, 2.45) is 0 Å². The first-order valence-corrected chi connectivity index (χ1v) is 4.68. The van der Waals surface area contributed by atoms with Crippen LogP contribution in [0.25, 0.3) is 0 Å². The Balaban J connectivity index is 2.30. The monoisotopic (exact) mass is 191 g/mol. The SMILES string of the molecule is CC#CCCNCc1ccccc1F. The molecule has 0 radical (unpaired) electrons. The zero-order chi connectivity index (χ0) is 10.2. The lowest BCUT2D eigenvalue weighted by molar-refractivity contribution is 0.590. The largest absolute Gasteiger partial charge is 0.312 e. The number of halogens is 1. The van der Waals surface area contributed by atoms with Gasteiger partial charge < -0.3 is 5.32 Å². The molecule has 1 nitrogen and oxygen atoms in total. The quantitative estimate of drug-likeness (QED) is 0.569. The van der Waals surface area contributed by atoms with E-state index in [1.165, 1.54) is 6.07 Å². The zero-order valence-corrected chi connectivity index (χ0v) is 8.31. The van der Waals surface area contributed by atoms with E-state index in [2.05, 4.69) is 17.2 Å². The van der Waals surface area contributed by atoms with Crippen molar-refractivity contribution in [3.8, 4) is 11.8 Å². The Bertz CT molecular complexity index is 336. The molecule has 0 aliphatic rings. The first-order valence-electron chi connectivity index (χ1n) is 4.68. The number of hydrogen-bond donors (Lipinski definition) is 1. The molecule has 0 spiro atoms. The van der Waals surface area contributed by atoms with Crippen molar-refractivity contribution in [1.29, 1.82) is 0 Å².